The van der Waals surface area contributed by atoms with Gasteiger partial charge in [-0.2, -0.15) is 0 Å². The number of aliphatic hydroxyl groups excluding tert-OH is 2. The summed E-state index contributed by atoms with van der Waals surface area (Å²) < 4.78 is 0. The highest BCUT2D eigenvalue weighted by Gasteiger charge is 2.54. The molecule has 3 aliphatic rings. The number of phenols is 1. The summed E-state index contributed by atoms with van der Waals surface area (Å²) in [5.74, 6) is -5.70. The van der Waals surface area contributed by atoms with Crippen LogP contribution < -0.4 is 11.1 Å². The fourth-order valence-electron chi connectivity index (χ4n) is 7.29. The third-order valence-corrected chi connectivity index (χ3v) is 9.22. The van der Waals surface area contributed by atoms with Crippen LogP contribution in [0, 0.1) is 17.8 Å². The van der Waals surface area contributed by atoms with Gasteiger partial charge in [-0.3, -0.25) is 19.3 Å². The monoisotopic (exact) mass is 593 g/mol. The molecule has 44 heavy (non-hydrogen) atoms. The predicted molar refractivity (Wildman–Crippen MR) is 165 cm³/mol. The van der Waals surface area contributed by atoms with Crippen LogP contribution in [0.3, 0.4) is 0 Å². The molecule has 0 aromatic heterocycles. The van der Waals surface area contributed by atoms with Gasteiger partial charge in [0.2, 0.25) is 0 Å². The van der Waals surface area contributed by atoms with Gasteiger partial charge >= 0.3 is 0 Å². The second-order valence-corrected chi connectivity index (χ2v) is 12.1. The van der Waals surface area contributed by atoms with E-state index in [0.29, 0.717) is 24.9 Å². The number of nitrogens with two attached hydrogens (primary N) is 1. The number of primary amides is 1. The maximum absolute atomic E-state index is 14.0. The van der Waals surface area contributed by atoms with E-state index in [2.05, 4.69) is 17.4 Å². The minimum absolute atomic E-state index is 0.0714. The molecule has 3 aromatic carbocycles. The normalized spacial score (nSPS) is 23.0. The van der Waals surface area contributed by atoms with Crippen molar-refractivity contribution in [1.82, 2.24) is 10.2 Å². The van der Waals surface area contributed by atoms with Gasteiger partial charge in [0.25, 0.3) is 5.91 Å². The number of phenolic OH excluding ortho intramolecular Hbond substituents is 1. The zero-order valence-corrected chi connectivity index (χ0v) is 24.6. The number of hydrogen-bond acceptors (Lipinski definition) is 8. The van der Waals surface area contributed by atoms with Crippen molar-refractivity contribution >= 4 is 17.5 Å². The lowest BCUT2D eigenvalue weighted by Gasteiger charge is -2.46. The molecule has 4 atom stereocenters. The Morgan fingerprint density at radius 2 is 1.57 bits per heavy atom. The number of Topliss-reactive ketones (excluding diaryl/α,β-unsaturated/α-hetero) is 2. The van der Waals surface area contributed by atoms with Crippen molar-refractivity contribution in [2.45, 2.75) is 32.0 Å². The summed E-state index contributed by atoms with van der Waals surface area (Å²) in [5.41, 5.74) is 9.74. The Morgan fingerprint density at radius 1 is 0.909 bits per heavy atom. The molecule has 0 heterocycles. The van der Waals surface area contributed by atoms with Crippen LogP contribution in [-0.2, 0) is 29.1 Å². The van der Waals surface area contributed by atoms with Crippen molar-refractivity contribution in [3.8, 4) is 16.9 Å². The Hall–Kier alpha value is -4.73. The molecule has 0 aliphatic heterocycles. The minimum Gasteiger partial charge on any atom is -0.511 e. The second kappa shape index (κ2) is 11.4. The molecule has 6 N–H and O–H groups in total. The highest BCUT2D eigenvalue weighted by molar-refractivity contribution is 6.22. The van der Waals surface area contributed by atoms with Crippen LogP contribution in [-0.4, -0.2) is 57.8 Å². The Bertz CT molecular complexity index is 1730. The highest BCUT2D eigenvalue weighted by atomic mass is 16.3. The number of fused-ring (bicyclic) bond motifs is 3. The standard InChI is InChI=1S/C35H35N3O6/c1-38(2)30-24-15-21-14-23-22(20-10-8-19(9-11-20)17-37-16-18-6-4-3-5-7-18)12-13-25(39)27(23)31(40)26(21)32(41)28(24)33(42)29(34(30)43)35(36)44/h3-13,21,24,28,30,37,39,41,43H,14-17H2,1-2H3,(H2,36,44)/t21?,24-,28?,30+/m1/s1. The summed E-state index contributed by atoms with van der Waals surface area (Å²) in [6, 6.07) is 20.7. The lowest BCUT2D eigenvalue weighted by molar-refractivity contribution is -0.127. The average molecular weight is 594 g/mol. The third kappa shape index (κ3) is 4.88. The number of benzene rings is 3. The lowest BCUT2D eigenvalue weighted by Crippen LogP contribution is -2.53. The Morgan fingerprint density at radius 3 is 2.20 bits per heavy atom. The maximum Gasteiger partial charge on any atom is 0.255 e. The van der Waals surface area contributed by atoms with Gasteiger partial charge in [0.15, 0.2) is 11.6 Å². The first kappa shape index (κ1) is 29.3. The number of nitrogens with one attached hydrogen (secondary N) is 1. The molecule has 1 amide bonds. The highest BCUT2D eigenvalue weighted by Crippen LogP contribution is 2.51. The largest absolute Gasteiger partial charge is 0.511 e. The summed E-state index contributed by atoms with van der Waals surface area (Å²) in [5, 5.41) is 36.7. The van der Waals surface area contributed by atoms with Gasteiger partial charge in [0.05, 0.1) is 17.5 Å². The fourth-order valence-corrected chi connectivity index (χ4v) is 7.29. The molecule has 0 saturated heterocycles. The molecule has 0 radical (unpaired) electrons. The summed E-state index contributed by atoms with van der Waals surface area (Å²) in [6.45, 7) is 1.43. The number of aliphatic hydroxyl groups is 2. The van der Waals surface area contributed by atoms with Crippen molar-refractivity contribution in [1.29, 1.82) is 0 Å². The molecule has 0 saturated carbocycles. The second-order valence-electron chi connectivity index (χ2n) is 12.1. The first-order valence-corrected chi connectivity index (χ1v) is 14.7. The molecular formula is C35H35N3O6. The number of rotatable bonds is 7. The van der Waals surface area contributed by atoms with Crippen molar-refractivity contribution in [3.05, 3.63) is 112 Å². The van der Waals surface area contributed by atoms with Gasteiger partial charge in [-0.15, -0.1) is 0 Å². The van der Waals surface area contributed by atoms with Crippen LogP contribution in [0.4, 0.5) is 0 Å². The zero-order chi connectivity index (χ0) is 31.3. The summed E-state index contributed by atoms with van der Waals surface area (Å²) >= 11 is 0. The molecule has 0 fully saturated rings. The van der Waals surface area contributed by atoms with Gasteiger partial charge in [0, 0.05) is 18.7 Å². The third-order valence-electron chi connectivity index (χ3n) is 9.22. The van der Waals surface area contributed by atoms with Crippen LogP contribution in [0.5, 0.6) is 5.75 Å². The van der Waals surface area contributed by atoms with Crippen LogP contribution in [0.25, 0.3) is 11.1 Å². The molecule has 3 aliphatic carbocycles. The van der Waals surface area contributed by atoms with Crippen LogP contribution in [0.15, 0.2) is 89.4 Å². The summed E-state index contributed by atoms with van der Waals surface area (Å²) in [4.78, 5) is 41.2. The predicted octanol–water partition coefficient (Wildman–Crippen LogP) is 3.96. The Labute approximate surface area is 255 Å². The Kier molecular flexibility index (Phi) is 7.61. The van der Waals surface area contributed by atoms with Crippen LogP contribution in [0.2, 0.25) is 0 Å². The van der Waals surface area contributed by atoms with Gasteiger partial charge < -0.3 is 26.4 Å². The van der Waals surface area contributed by atoms with Crippen LogP contribution in [0.1, 0.15) is 33.5 Å². The quantitative estimate of drug-likeness (QED) is 0.258. The molecule has 9 heteroatoms. The number of ketones is 2. The van der Waals surface area contributed by atoms with Gasteiger partial charge in [-0.1, -0.05) is 60.7 Å². The zero-order valence-electron chi connectivity index (χ0n) is 24.6. The number of carbonyl (C=O) groups is 3. The van der Waals surface area contributed by atoms with Gasteiger partial charge in [-0.05, 0) is 72.7 Å². The summed E-state index contributed by atoms with van der Waals surface area (Å²) in [7, 11) is 3.42. The molecular weight excluding hydrogens is 558 g/mol. The van der Waals surface area contributed by atoms with E-state index in [1.54, 1.807) is 25.1 Å². The average Bonchev–Trinajstić information content (AvgIpc) is 2.97. The van der Waals surface area contributed by atoms with Crippen LogP contribution >= 0.6 is 0 Å². The van der Waals surface area contributed by atoms with E-state index in [1.807, 2.05) is 42.5 Å². The Balaban J connectivity index is 1.33. The molecule has 0 spiro atoms. The van der Waals surface area contributed by atoms with E-state index in [1.165, 1.54) is 11.6 Å². The maximum atomic E-state index is 14.0. The molecule has 2 unspecified atom stereocenters. The molecule has 226 valence electrons. The van der Waals surface area contributed by atoms with E-state index in [4.69, 9.17) is 5.73 Å². The number of aromatic hydroxyl groups is 1. The number of carbonyl (C=O) groups excluding carboxylic acids is 3. The van der Waals surface area contributed by atoms with Crippen molar-refractivity contribution < 1.29 is 29.7 Å². The van der Waals surface area contributed by atoms with Crippen molar-refractivity contribution in [2.24, 2.45) is 23.5 Å². The van der Waals surface area contributed by atoms with Gasteiger partial charge in [-0.25, -0.2) is 0 Å². The summed E-state index contributed by atoms with van der Waals surface area (Å²) in [6.07, 6.45) is 0.649. The minimum atomic E-state index is -1.20. The topological polar surface area (TPSA) is 153 Å². The van der Waals surface area contributed by atoms with Gasteiger partial charge in [0.1, 0.15) is 22.8 Å². The SMILES string of the molecule is CN(C)[C@@H]1C(O)=C(C(N)=O)C(=O)C2C(O)=C3C(=O)c4c(O)ccc(-c5ccc(CNCc6ccccc6)cc5)c4CC3C[C@H]21. The molecule has 3 aromatic rings. The van der Waals surface area contributed by atoms with Crippen molar-refractivity contribution in [3.63, 3.8) is 0 Å². The van der Waals surface area contributed by atoms with Crippen molar-refractivity contribution in [2.75, 3.05) is 14.1 Å². The van der Waals surface area contributed by atoms with E-state index in [9.17, 15) is 29.7 Å². The molecule has 6 rings (SSSR count). The van der Waals surface area contributed by atoms with E-state index in [0.717, 1.165) is 23.2 Å². The number of likely N-dealkylation sites (N-methyl/N-ethyl adjacent to an activating group) is 1. The number of hydrogen-bond donors (Lipinski definition) is 5. The first-order valence-electron chi connectivity index (χ1n) is 14.7. The number of allylic oxidation sites excluding steroid dienone is 2. The van der Waals surface area contributed by atoms with E-state index < -0.39 is 58.4 Å². The van der Waals surface area contributed by atoms with E-state index in [-0.39, 0.29) is 16.9 Å². The lowest BCUT2D eigenvalue weighted by atomic mass is 9.60. The first-order chi connectivity index (χ1) is 21.1. The number of amides is 1. The fraction of sp³-hybridized carbons (Fsp3) is 0.286. The smallest absolute Gasteiger partial charge is 0.255 e. The number of nitrogens with zero attached hydrogens (tertiary/aromatic N) is 1. The van der Waals surface area contributed by atoms with E-state index >= 15 is 0 Å². The molecule has 9 nitrogen and oxygen atoms in total. The molecule has 0 bridgehead atoms.